The van der Waals surface area contributed by atoms with Crippen molar-refractivity contribution >= 4 is 0 Å². The molecular weight excluding hydrogens is 264 g/mol. The first-order chi connectivity index (χ1) is 9.47. The van der Waals surface area contributed by atoms with Crippen LogP contribution in [0.4, 0.5) is 8.78 Å². The minimum atomic E-state index is -0.403. The second-order valence-electron chi connectivity index (χ2n) is 4.78. The molecule has 1 atom stereocenters. The van der Waals surface area contributed by atoms with Crippen molar-refractivity contribution in [3.8, 4) is 0 Å². The minimum Gasteiger partial charge on any atom is -0.340 e. The Balaban J connectivity index is 1.95. The molecular formula is C14H17F2N3O. The number of benzene rings is 1. The fourth-order valence-corrected chi connectivity index (χ4v) is 1.95. The number of aromatic nitrogens is 2. The third-order valence-electron chi connectivity index (χ3n) is 3.11. The van der Waals surface area contributed by atoms with Crippen molar-refractivity contribution in [2.75, 3.05) is 6.54 Å². The second kappa shape index (κ2) is 6.09. The number of hydrogen-bond acceptors (Lipinski definition) is 4. The first-order valence-electron chi connectivity index (χ1n) is 6.45. The maximum atomic E-state index is 13.8. The molecule has 6 heteroatoms. The number of hydrogen-bond donors (Lipinski definition) is 1. The molecule has 0 aliphatic rings. The summed E-state index contributed by atoms with van der Waals surface area (Å²) in [6.07, 6.45) is 0.567. The molecule has 4 nitrogen and oxygen atoms in total. The van der Waals surface area contributed by atoms with Gasteiger partial charge in [-0.15, -0.1) is 0 Å². The number of rotatable bonds is 5. The third-order valence-corrected chi connectivity index (χ3v) is 3.11. The van der Waals surface area contributed by atoms with Crippen molar-refractivity contribution in [1.29, 1.82) is 0 Å². The van der Waals surface area contributed by atoms with Crippen molar-refractivity contribution < 1.29 is 13.3 Å². The summed E-state index contributed by atoms with van der Waals surface area (Å²) >= 11 is 0. The summed E-state index contributed by atoms with van der Waals surface area (Å²) in [5, 5.41) is 6.88. The molecule has 0 fully saturated rings. The van der Waals surface area contributed by atoms with Crippen LogP contribution in [0, 0.1) is 25.5 Å². The van der Waals surface area contributed by atoms with Crippen LogP contribution in [-0.2, 0) is 6.42 Å². The lowest BCUT2D eigenvalue weighted by molar-refractivity contribution is 0.386. The van der Waals surface area contributed by atoms with Crippen LogP contribution in [0.3, 0.4) is 0 Å². The highest BCUT2D eigenvalue weighted by atomic mass is 19.1. The summed E-state index contributed by atoms with van der Waals surface area (Å²) in [7, 11) is 0. The van der Waals surface area contributed by atoms with E-state index in [1.54, 1.807) is 20.8 Å². The molecule has 0 saturated carbocycles. The van der Waals surface area contributed by atoms with Crippen LogP contribution >= 0.6 is 0 Å². The Hall–Kier alpha value is -1.82. The molecule has 2 rings (SSSR count). The second-order valence-corrected chi connectivity index (χ2v) is 4.78. The van der Waals surface area contributed by atoms with E-state index >= 15 is 0 Å². The molecule has 1 aromatic carbocycles. The fourth-order valence-electron chi connectivity index (χ4n) is 1.95. The first-order valence-corrected chi connectivity index (χ1v) is 6.45. The summed E-state index contributed by atoms with van der Waals surface area (Å²) in [5.41, 5.74) is 0.623. The Morgan fingerprint density at radius 3 is 2.65 bits per heavy atom. The quantitative estimate of drug-likeness (QED) is 0.915. The van der Waals surface area contributed by atoms with Crippen LogP contribution < -0.4 is 5.32 Å². The van der Waals surface area contributed by atoms with Crippen molar-refractivity contribution in [3.63, 3.8) is 0 Å². The summed E-state index contributed by atoms with van der Waals surface area (Å²) in [5.74, 6) is 0.306. The summed E-state index contributed by atoms with van der Waals surface area (Å²) in [4.78, 5) is 4.07. The van der Waals surface area contributed by atoms with E-state index in [4.69, 9.17) is 4.52 Å². The number of nitrogens with zero attached hydrogens (tertiary/aromatic N) is 2. The Bertz CT molecular complexity index is 598. The van der Waals surface area contributed by atoms with Crippen LogP contribution in [0.2, 0.25) is 0 Å². The van der Waals surface area contributed by atoms with Gasteiger partial charge in [0, 0.05) is 31.5 Å². The van der Waals surface area contributed by atoms with Crippen LogP contribution in [0.1, 0.15) is 35.8 Å². The highest BCUT2D eigenvalue weighted by Crippen LogP contribution is 2.20. The van der Waals surface area contributed by atoms with Crippen LogP contribution in [0.15, 0.2) is 16.7 Å². The summed E-state index contributed by atoms with van der Waals surface area (Å²) in [6.45, 7) is 5.60. The number of halogens is 2. The fraction of sp³-hybridized carbons (Fsp3) is 0.429. The van der Waals surface area contributed by atoms with Gasteiger partial charge in [0.1, 0.15) is 11.6 Å². The normalized spacial score (nSPS) is 12.7. The van der Waals surface area contributed by atoms with Gasteiger partial charge in [-0.2, -0.15) is 4.98 Å². The van der Waals surface area contributed by atoms with E-state index in [1.165, 1.54) is 12.1 Å². The van der Waals surface area contributed by atoms with Gasteiger partial charge in [-0.3, -0.25) is 0 Å². The molecule has 1 aromatic heterocycles. The maximum Gasteiger partial charge on any atom is 0.223 e. The molecule has 0 aliphatic heterocycles. The lowest BCUT2D eigenvalue weighted by Crippen LogP contribution is -2.22. The van der Waals surface area contributed by atoms with Crippen molar-refractivity contribution in [3.05, 3.63) is 46.6 Å². The molecule has 0 saturated heterocycles. The van der Waals surface area contributed by atoms with Gasteiger partial charge in [0.2, 0.25) is 5.89 Å². The molecule has 1 N–H and O–H groups in total. The Morgan fingerprint density at radius 2 is 2.00 bits per heavy atom. The van der Waals surface area contributed by atoms with Crippen molar-refractivity contribution in [2.24, 2.45) is 0 Å². The lowest BCUT2D eigenvalue weighted by atomic mass is 10.0. The van der Waals surface area contributed by atoms with Gasteiger partial charge < -0.3 is 9.84 Å². The predicted molar refractivity (Wildman–Crippen MR) is 70.3 cm³/mol. The molecule has 1 unspecified atom stereocenters. The molecule has 1 heterocycles. The standard InChI is InChI=1S/C14H17F2N3O/c1-8-6-13(16)11(7-12(8)15)9(2)17-5-4-14-18-10(3)20-19-14/h6-7,9,17H,4-5H2,1-3H3. The molecule has 0 bridgehead atoms. The Kier molecular flexibility index (Phi) is 4.44. The van der Waals surface area contributed by atoms with Crippen LogP contribution in [-0.4, -0.2) is 16.7 Å². The van der Waals surface area contributed by atoms with Crippen LogP contribution in [0.5, 0.6) is 0 Å². The average molecular weight is 281 g/mol. The van der Waals surface area contributed by atoms with Crippen molar-refractivity contribution in [2.45, 2.75) is 33.2 Å². The van der Waals surface area contributed by atoms with Gasteiger partial charge in [0.05, 0.1) is 0 Å². The Morgan fingerprint density at radius 1 is 1.25 bits per heavy atom. The van der Waals surface area contributed by atoms with E-state index in [-0.39, 0.29) is 6.04 Å². The SMILES string of the molecule is Cc1nc(CCNC(C)c2cc(F)c(C)cc2F)no1. The lowest BCUT2D eigenvalue weighted by Gasteiger charge is -2.15. The van der Waals surface area contributed by atoms with E-state index in [0.717, 1.165) is 0 Å². The largest absolute Gasteiger partial charge is 0.340 e. The molecule has 108 valence electrons. The van der Waals surface area contributed by atoms with Crippen LogP contribution in [0.25, 0.3) is 0 Å². The molecule has 0 radical (unpaired) electrons. The maximum absolute atomic E-state index is 13.8. The zero-order valence-electron chi connectivity index (χ0n) is 11.7. The minimum absolute atomic E-state index is 0.293. The van der Waals surface area contributed by atoms with Crippen molar-refractivity contribution in [1.82, 2.24) is 15.5 Å². The van der Waals surface area contributed by atoms with E-state index in [0.29, 0.717) is 35.8 Å². The molecule has 0 aliphatic carbocycles. The van der Waals surface area contributed by atoms with Gasteiger partial charge in [-0.1, -0.05) is 5.16 Å². The molecule has 0 amide bonds. The highest BCUT2D eigenvalue weighted by Gasteiger charge is 2.13. The molecule has 2 aromatic rings. The van der Waals surface area contributed by atoms with Gasteiger partial charge in [0.15, 0.2) is 5.82 Å². The highest BCUT2D eigenvalue weighted by molar-refractivity contribution is 5.27. The monoisotopic (exact) mass is 281 g/mol. The Labute approximate surface area is 116 Å². The van der Waals surface area contributed by atoms with E-state index < -0.39 is 11.6 Å². The zero-order valence-corrected chi connectivity index (χ0v) is 11.7. The summed E-state index contributed by atoms with van der Waals surface area (Å²) < 4.78 is 32.1. The molecule has 0 spiro atoms. The van der Waals surface area contributed by atoms with Gasteiger partial charge in [-0.25, -0.2) is 8.78 Å². The van der Waals surface area contributed by atoms with E-state index in [9.17, 15) is 8.78 Å². The van der Waals surface area contributed by atoms with Gasteiger partial charge >= 0.3 is 0 Å². The van der Waals surface area contributed by atoms with E-state index in [1.807, 2.05) is 0 Å². The topological polar surface area (TPSA) is 51.0 Å². The number of nitrogens with one attached hydrogen (secondary N) is 1. The summed E-state index contributed by atoms with van der Waals surface area (Å²) in [6, 6.07) is 2.16. The first kappa shape index (κ1) is 14.6. The molecule has 20 heavy (non-hydrogen) atoms. The zero-order chi connectivity index (χ0) is 14.7. The van der Waals surface area contributed by atoms with Gasteiger partial charge in [-0.05, 0) is 31.5 Å². The van der Waals surface area contributed by atoms with E-state index in [2.05, 4.69) is 15.5 Å². The smallest absolute Gasteiger partial charge is 0.223 e. The third kappa shape index (κ3) is 3.39. The number of aryl methyl sites for hydroxylation is 2. The van der Waals surface area contributed by atoms with Gasteiger partial charge in [0.25, 0.3) is 0 Å². The average Bonchev–Trinajstić information content (AvgIpc) is 2.79. The predicted octanol–water partition coefficient (Wildman–Crippen LogP) is 2.86.